The molecule has 4 nitrogen and oxygen atoms in total. The summed E-state index contributed by atoms with van der Waals surface area (Å²) in [5.74, 6) is 0.654. The fourth-order valence-electron chi connectivity index (χ4n) is 4.43. The number of aromatic amines is 1. The van der Waals surface area contributed by atoms with Gasteiger partial charge in [0, 0.05) is 28.6 Å². The number of aromatic nitrogens is 1. The van der Waals surface area contributed by atoms with Crippen molar-refractivity contribution in [3.63, 3.8) is 0 Å². The van der Waals surface area contributed by atoms with Gasteiger partial charge in [-0.3, -0.25) is 0 Å². The van der Waals surface area contributed by atoms with Gasteiger partial charge in [-0.2, -0.15) is 13.2 Å². The lowest BCUT2D eigenvalue weighted by Gasteiger charge is -2.38. The van der Waals surface area contributed by atoms with Crippen LogP contribution in [0.3, 0.4) is 0 Å². The van der Waals surface area contributed by atoms with Gasteiger partial charge in [0.2, 0.25) is 5.69 Å². The Morgan fingerprint density at radius 1 is 1.12 bits per heavy atom. The van der Waals surface area contributed by atoms with E-state index in [1.165, 1.54) is 7.11 Å². The normalized spacial score (nSPS) is 14.3. The van der Waals surface area contributed by atoms with Crippen LogP contribution in [0.5, 0.6) is 5.75 Å². The molecular weight excluding hydrogens is 429 g/mol. The highest BCUT2D eigenvalue weighted by atomic mass is 19.4. The number of para-hydroxylation sites is 1. The van der Waals surface area contributed by atoms with E-state index in [2.05, 4.69) is 9.83 Å². The molecule has 0 spiro atoms. The van der Waals surface area contributed by atoms with Crippen LogP contribution in [0.25, 0.3) is 15.7 Å². The number of ether oxygens (including phenoxy) is 1. The summed E-state index contributed by atoms with van der Waals surface area (Å²) in [4.78, 5) is 6.37. The minimum Gasteiger partial charge on any atom is -0.496 e. The third-order valence-electron chi connectivity index (χ3n) is 6.22. The third kappa shape index (κ3) is 4.72. The van der Waals surface area contributed by atoms with E-state index in [9.17, 15) is 18.3 Å². The lowest BCUT2D eigenvalue weighted by Crippen LogP contribution is -2.51. The smallest absolute Gasteiger partial charge is 0.417 e. The predicted molar refractivity (Wildman–Crippen MR) is 124 cm³/mol. The van der Waals surface area contributed by atoms with Gasteiger partial charge in [-0.05, 0) is 35.4 Å². The molecule has 0 aliphatic carbocycles. The zero-order valence-corrected chi connectivity index (χ0v) is 19.5. The number of hydrogen-bond donors (Lipinski definition) is 2. The van der Waals surface area contributed by atoms with Crippen LogP contribution in [0.4, 0.5) is 18.9 Å². The first-order chi connectivity index (χ1) is 15.3. The van der Waals surface area contributed by atoms with Crippen LogP contribution in [-0.2, 0) is 11.8 Å². The molecule has 7 heteroatoms. The molecule has 3 aromatic rings. The minimum atomic E-state index is -4.91. The predicted octanol–water partition coefficient (Wildman–Crippen LogP) is 7.05. The number of rotatable bonds is 7. The molecule has 1 aromatic heterocycles. The average Bonchev–Trinajstić information content (AvgIpc) is 3.08. The van der Waals surface area contributed by atoms with Gasteiger partial charge in [0.1, 0.15) is 5.75 Å². The van der Waals surface area contributed by atoms with Gasteiger partial charge in [-0.25, -0.2) is 4.85 Å². The first-order valence-electron chi connectivity index (χ1n) is 10.8. The summed E-state index contributed by atoms with van der Waals surface area (Å²) >= 11 is 0. The molecule has 1 atom stereocenters. The Balaban J connectivity index is 2.08. The van der Waals surface area contributed by atoms with Crippen LogP contribution in [0.1, 0.15) is 56.9 Å². The fraction of sp³-hybridized carbons (Fsp3) is 0.423. The fourth-order valence-corrected chi connectivity index (χ4v) is 4.43. The van der Waals surface area contributed by atoms with Crippen molar-refractivity contribution >= 4 is 16.6 Å². The second-order valence-corrected chi connectivity index (χ2v) is 9.49. The number of methoxy groups -OCH3 is 1. The average molecular weight is 459 g/mol. The van der Waals surface area contributed by atoms with Crippen molar-refractivity contribution in [3.8, 4) is 5.75 Å². The molecule has 0 saturated heterocycles. The van der Waals surface area contributed by atoms with Gasteiger partial charge < -0.3 is 14.8 Å². The Morgan fingerprint density at radius 2 is 1.79 bits per heavy atom. The van der Waals surface area contributed by atoms with E-state index in [-0.39, 0.29) is 17.3 Å². The lowest BCUT2D eigenvalue weighted by atomic mass is 9.72. The molecule has 0 bridgehead atoms. The van der Waals surface area contributed by atoms with Gasteiger partial charge in [0.05, 0.1) is 13.7 Å². The summed E-state index contributed by atoms with van der Waals surface area (Å²) in [6, 6.07) is 12.4. The minimum absolute atomic E-state index is 0.0738. The number of alkyl halides is 3. The van der Waals surface area contributed by atoms with E-state index in [1.54, 1.807) is 44.2 Å². The number of benzene rings is 2. The summed E-state index contributed by atoms with van der Waals surface area (Å²) in [5, 5.41) is 11.6. The maximum atomic E-state index is 14.3. The Kier molecular flexibility index (Phi) is 6.54. The molecule has 3 rings (SSSR count). The highest BCUT2D eigenvalue weighted by Gasteiger charge is 2.56. The molecule has 2 N–H and O–H groups in total. The summed E-state index contributed by atoms with van der Waals surface area (Å²) in [6.45, 7) is 14.9. The molecule has 0 saturated carbocycles. The highest BCUT2D eigenvalue weighted by Crippen LogP contribution is 2.46. The second-order valence-electron chi connectivity index (χ2n) is 9.49. The Morgan fingerprint density at radius 3 is 2.36 bits per heavy atom. The first kappa shape index (κ1) is 24.7. The summed E-state index contributed by atoms with van der Waals surface area (Å²) < 4.78 is 48.5. The molecule has 2 aromatic carbocycles. The van der Waals surface area contributed by atoms with Crippen LogP contribution in [0.15, 0.2) is 42.5 Å². The van der Waals surface area contributed by atoms with Crippen LogP contribution < -0.4 is 4.74 Å². The maximum Gasteiger partial charge on any atom is 0.417 e. The number of fused-ring (bicyclic) bond motifs is 1. The van der Waals surface area contributed by atoms with Gasteiger partial charge in [-0.15, -0.1) is 0 Å². The summed E-state index contributed by atoms with van der Waals surface area (Å²) in [6.07, 6.45) is -6.27. The number of H-pyrrole nitrogens is 1. The number of nitrogens with one attached hydrogen (secondary N) is 1. The third-order valence-corrected chi connectivity index (χ3v) is 6.22. The maximum absolute atomic E-state index is 14.3. The van der Waals surface area contributed by atoms with Gasteiger partial charge >= 0.3 is 6.18 Å². The van der Waals surface area contributed by atoms with E-state index < -0.39 is 30.0 Å². The highest BCUT2D eigenvalue weighted by molar-refractivity contribution is 5.94. The monoisotopic (exact) mass is 458 g/mol. The molecule has 176 valence electrons. The van der Waals surface area contributed by atoms with Crippen molar-refractivity contribution < 1.29 is 23.0 Å². The topological polar surface area (TPSA) is 49.6 Å². The lowest BCUT2D eigenvalue weighted by molar-refractivity contribution is -0.266. The summed E-state index contributed by atoms with van der Waals surface area (Å²) in [7, 11) is 1.48. The van der Waals surface area contributed by atoms with Crippen LogP contribution in [-0.4, -0.2) is 29.0 Å². The van der Waals surface area contributed by atoms with E-state index in [4.69, 9.17) is 11.3 Å². The van der Waals surface area contributed by atoms with Crippen molar-refractivity contribution in [3.05, 3.63) is 70.7 Å². The number of hydrogen-bond acceptors (Lipinski definition) is 2. The molecule has 0 fully saturated rings. The van der Waals surface area contributed by atoms with Crippen LogP contribution in [0.2, 0.25) is 0 Å². The van der Waals surface area contributed by atoms with Gasteiger partial charge in [0.25, 0.3) is 0 Å². The largest absolute Gasteiger partial charge is 0.496 e. The summed E-state index contributed by atoms with van der Waals surface area (Å²) in [5.41, 5.74) is -1.83. The van der Waals surface area contributed by atoms with Gasteiger partial charge in [-0.1, -0.05) is 58.0 Å². The van der Waals surface area contributed by atoms with E-state index in [0.717, 1.165) is 5.56 Å². The molecule has 1 unspecified atom stereocenters. The van der Waals surface area contributed by atoms with Crippen molar-refractivity contribution in [2.24, 2.45) is 0 Å². The van der Waals surface area contributed by atoms with E-state index in [0.29, 0.717) is 22.2 Å². The molecule has 0 aliphatic rings. The standard InChI is InChI=1S/C26H29F3N2O2/c1-16(2)17-11-12-22(33-6)19(13-17)24(3,4)15-25(32,26(27,28)29)14-21-23(30-5)18-9-7-8-10-20(18)31-21/h7-13,16,31-32H,14-15H2,1-4,6H3. The van der Waals surface area contributed by atoms with E-state index >= 15 is 0 Å². The Hall–Kier alpha value is -2.98. The molecule has 1 heterocycles. The van der Waals surface area contributed by atoms with Crippen molar-refractivity contribution in [2.45, 2.75) is 63.6 Å². The van der Waals surface area contributed by atoms with Gasteiger partial charge in [0.15, 0.2) is 5.60 Å². The number of aliphatic hydroxyl groups is 1. The number of halogens is 3. The van der Waals surface area contributed by atoms with Crippen LogP contribution >= 0.6 is 0 Å². The molecule has 0 radical (unpaired) electrons. The van der Waals surface area contributed by atoms with E-state index in [1.807, 2.05) is 26.0 Å². The molecular formula is C26H29F3N2O2. The SMILES string of the molecule is [C-]#[N+]c1c(CC(O)(CC(C)(C)c2cc(C(C)C)ccc2OC)C(F)(F)F)[nH]c2ccccc12. The van der Waals surface area contributed by atoms with Crippen molar-refractivity contribution in [1.29, 1.82) is 0 Å². The second kappa shape index (κ2) is 8.75. The zero-order chi connectivity index (χ0) is 24.6. The first-order valence-corrected chi connectivity index (χ1v) is 10.8. The van der Waals surface area contributed by atoms with Crippen molar-refractivity contribution in [2.75, 3.05) is 7.11 Å². The van der Waals surface area contributed by atoms with Crippen molar-refractivity contribution in [1.82, 2.24) is 4.98 Å². The molecule has 0 amide bonds. The van der Waals surface area contributed by atoms with Crippen LogP contribution in [0, 0.1) is 6.57 Å². The molecule has 0 aliphatic heterocycles. The molecule has 33 heavy (non-hydrogen) atoms. The quantitative estimate of drug-likeness (QED) is 0.373. The zero-order valence-electron chi connectivity index (χ0n) is 19.5. The number of nitrogens with zero attached hydrogens (tertiary/aromatic N) is 1. The Bertz CT molecular complexity index is 1190. The Labute approximate surface area is 192 Å².